The molecule has 11 nitrogen and oxygen atoms in total. The molecule has 0 radical (unpaired) electrons. The maximum Gasteiger partial charge on any atom is 0.192 e. The summed E-state index contributed by atoms with van der Waals surface area (Å²) >= 11 is 5.83. The van der Waals surface area contributed by atoms with Crippen molar-refractivity contribution in [2.75, 3.05) is 10.6 Å². The third kappa shape index (κ3) is 13.1. The smallest absolute Gasteiger partial charge is 0.192 e. The van der Waals surface area contributed by atoms with E-state index in [2.05, 4.69) is 157 Å². The summed E-state index contributed by atoms with van der Waals surface area (Å²) < 4.78 is 12.5. The van der Waals surface area contributed by atoms with Gasteiger partial charge in [0.1, 0.15) is 0 Å². The Morgan fingerprint density at radius 3 is 1.48 bits per heavy atom. The molecule has 14 heteroatoms. The molecule has 0 atom stereocenters. The van der Waals surface area contributed by atoms with Gasteiger partial charge in [0, 0.05) is 24.1 Å². The Labute approximate surface area is 304 Å². The van der Waals surface area contributed by atoms with Gasteiger partial charge in [-0.3, -0.25) is 0 Å². The van der Waals surface area contributed by atoms with Crippen molar-refractivity contribution in [1.29, 1.82) is 0 Å². The Bertz CT molecular complexity index is 1700. The lowest BCUT2D eigenvalue weighted by atomic mass is 10.1. The van der Waals surface area contributed by atoms with Crippen LogP contribution in [0.15, 0.2) is 78.2 Å². The average molecular weight is 734 g/mol. The molecular formula is C36H52ClN9O2Si2. The Morgan fingerprint density at radius 2 is 1.08 bits per heavy atom. The summed E-state index contributed by atoms with van der Waals surface area (Å²) in [4.78, 5) is 2.71. The molecule has 4 aromatic rings. The molecule has 0 fully saturated rings. The van der Waals surface area contributed by atoms with Crippen LogP contribution in [-0.4, -0.2) is 37.0 Å². The summed E-state index contributed by atoms with van der Waals surface area (Å²) in [5.41, 5.74) is 14.8. The lowest BCUT2D eigenvalue weighted by Crippen LogP contribution is -2.40. The van der Waals surface area contributed by atoms with Crippen molar-refractivity contribution in [3.8, 4) is 0 Å². The van der Waals surface area contributed by atoms with E-state index in [-0.39, 0.29) is 15.9 Å². The highest BCUT2D eigenvalue weighted by molar-refractivity contribution is 6.74. The van der Waals surface area contributed by atoms with Crippen LogP contribution in [0.5, 0.6) is 0 Å². The summed E-state index contributed by atoms with van der Waals surface area (Å²) in [6.07, 6.45) is 3.26. The van der Waals surface area contributed by atoms with E-state index in [9.17, 15) is 0 Å². The SMILES string of the molecule is CC(C)(C)[Si](C)(C)OCc1ccc(CNc2cnnc(Cl)c2)cc1.CC(C)(C)[Si](C)(C)OCc1ccc(CNc2cnnc(N=[N+]=[N-])c2)cc1. The van der Waals surface area contributed by atoms with Crippen LogP contribution in [0.1, 0.15) is 63.8 Å². The van der Waals surface area contributed by atoms with Crippen LogP contribution < -0.4 is 10.6 Å². The number of aromatic nitrogens is 4. The van der Waals surface area contributed by atoms with Crippen molar-refractivity contribution in [1.82, 2.24) is 20.4 Å². The van der Waals surface area contributed by atoms with Gasteiger partial charge in [-0.2, -0.15) is 10.2 Å². The van der Waals surface area contributed by atoms with Crippen LogP contribution in [-0.2, 0) is 35.2 Å². The first-order valence-electron chi connectivity index (χ1n) is 16.7. The number of azide groups is 1. The van der Waals surface area contributed by atoms with Gasteiger partial charge in [0.2, 0.25) is 0 Å². The fourth-order valence-electron chi connectivity index (χ4n) is 3.86. The number of halogens is 1. The van der Waals surface area contributed by atoms with Crippen molar-refractivity contribution in [3.05, 3.63) is 111 Å². The minimum Gasteiger partial charge on any atom is -0.413 e. The van der Waals surface area contributed by atoms with Gasteiger partial charge in [-0.15, -0.1) is 10.2 Å². The van der Waals surface area contributed by atoms with Gasteiger partial charge in [0.25, 0.3) is 0 Å². The molecule has 4 rings (SSSR count). The van der Waals surface area contributed by atoms with Crippen molar-refractivity contribution in [3.63, 3.8) is 0 Å². The van der Waals surface area contributed by atoms with Crippen LogP contribution in [0.4, 0.5) is 17.2 Å². The van der Waals surface area contributed by atoms with Gasteiger partial charge in [0.15, 0.2) is 27.6 Å². The first-order chi connectivity index (χ1) is 23.4. The highest BCUT2D eigenvalue weighted by Gasteiger charge is 2.37. The zero-order chi connectivity index (χ0) is 37.0. The van der Waals surface area contributed by atoms with Crippen LogP contribution >= 0.6 is 11.6 Å². The molecule has 0 aliphatic rings. The maximum atomic E-state index is 8.45. The number of rotatable bonds is 13. The molecule has 0 amide bonds. The predicted octanol–water partition coefficient (Wildman–Crippen LogP) is 10.8. The summed E-state index contributed by atoms with van der Waals surface area (Å²) in [6.45, 7) is 25.3. The summed E-state index contributed by atoms with van der Waals surface area (Å²) in [5, 5.41) is 25.9. The monoisotopic (exact) mass is 733 g/mol. The molecule has 0 spiro atoms. The molecule has 268 valence electrons. The van der Waals surface area contributed by atoms with E-state index in [1.165, 1.54) is 16.7 Å². The number of nitrogens with zero attached hydrogens (tertiary/aromatic N) is 7. The Hall–Kier alpha value is -3.85. The molecule has 0 bridgehead atoms. The van der Waals surface area contributed by atoms with Crippen molar-refractivity contribution >= 4 is 45.4 Å². The molecule has 2 heterocycles. The lowest BCUT2D eigenvalue weighted by molar-refractivity contribution is 0.276. The van der Waals surface area contributed by atoms with Crippen LogP contribution in [0.25, 0.3) is 10.4 Å². The average Bonchev–Trinajstić information content (AvgIpc) is 3.05. The van der Waals surface area contributed by atoms with Crippen molar-refractivity contribution in [2.45, 2.75) is 104 Å². The van der Waals surface area contributed by atoms with Crippen molar-refractivity contribution < 1.29 is 8.85 Å². The van der Waals surface area contributed by atoms with E-state index in [4.69, 9.17) is 26.0 Å². The third-order valence-electron chi connectivity index (χ3n) is 9.26. The molecule has 0 aliphatic carbocycles. The van der Waals surface area contributed by atoms with Gasteiger partial charge in [-0.25, -0.2) is 0 Å². The number of nitrogens with one attached hydrogen (secondary N) is 2. The predicted molar refractivity (Wildman–Crippen MR) is 209 cm³/mol. The number of benzene rings is 2. The van der Waals surface area contributed by atoms with E-state index in [0.717, 1.165) is 16.9 Å². The van der Waals surface area contributed by atoms with Crippen LogP contribution in [0.2, 0.25) is 41.4 Å². The molecule has 50 heavy (non-hydrogen) atoms. The van der Waals surface area contributed by atoms with E-state index in [1.807, 2.05) is 0 Å². The molecule has 0 saturated carbocycles. The largest absolute Gasteiger partial charge is 0.413 e. The molecule has 2 aromatic carbocycles. The van der Waals surface area contributed by atoms with E-state index in [0.29, 0.717) is 31.5 Å². The van der Waals surface area contributed by atoms with Gasteiger partial charge >= 0.3 is 0 Å². The summed E-state index contributed by atoms with van der Waals surface area (Å²) in [6, 6.07) is 20.3. The first kappa shape index (κ1) is 40.6. The minimum atomic E-state index is -1.73. The second-order valence-electron chi connectivity index (χ2n) is 15.2. The van der Waals surface area contributed by atoms with Crippen LogP contribution in [0.3, 0.4) is 0 Å². The lowest BCUT2D eigenvalue weighted by Gasteiger charge is -2.36. The highest BCUT2D eigenvalue weighted by Crippen LogP contribution is 2.38. The molecule has 0 saturated heterocycles. The molecule has 0 unspecified atom stereocenters. The van der Waals surface area contributed by atoms with Gasteiger partial charge < -0.3 is 19.5 Å². The van der Waals surface area contributed by atoms with Crippen LogP contribution in [0, 0.1) is 0 Å². The Balaban J connectivity index is 0.000000271. The second kappa shape index (κ2) is 17.9. The fraction of sp³-hybridized carbons (Fsp3) is 0.444. The first-order valence-corrected chi connectivity index (χ1v) is 22.9. The highest BCUT2D eigenvalue weighted by atomic mass is 35.5. The number of anilines is 2. The molecule has 2 aromatic heterocycles. The Kier molecular flexibility index (Phi) is 14.5. The minimum absolute atomic E-state index is 0.212. The number of hydrogen-bond acceptors (Lipinski definition) is 9. The fourth-order valence-corrected chi connectivity index (χ4v) is 5.94. The topological polar surface area (TPSA) is 143 Å². The van der Waals surface area contributed by atoms with Crippen molar-refractivity contribution in [2.24, 2.45) is 5.11 Å². The summed E-state index contributed by atoms with van der Waals surface area (Å²) in [7, 11) is -3.44. The third-order valence-corrected chi connectivity index (χ3v) is 18.4. The zero-order valence-corrected chi connectivity index (χ0v) is 33.8. The molecular weight excluding hydrogens is 682 g/mol. The normalized spacial score (nSPS) is 12.0. The van der Waals surface area contributed by atoms with E-state index in [1.54, 1.807) is 24.5 Å². The number of hydrogen-bond donors (Lipinski definition) is 2. The van der Waals surface area contributed by atoms with E-state index >= 15 is 0 Å². The molecule has 0 aliphatic heterocycles. The van der Waals surface area contributed by atoms with E-state index < -0.39 is 16.6 Å². The second-order valence-corrected chi connectivity index (χ2v) is 25.2. The quantitative estimate of drug-likeness (QED) is 0.0598. The summed E-state index contributed by atoms with van der Waals surface area (Å²) in [5.74, 6) is 0.246. The van der Waals surface area contributed by atoms with Gasteiger partial charge in [0.05, 0.1) is 37.0 Å². The van der Waals surface area contributed by atoms with Gasteiger partial charge in [-0.05, 0) is 75.2 Å². The molecule has 2 N–H and O–H groups in total. The standard InChI is InChI=1S/C18H26ClN3OSi.C18H26N6OSi/c1-18(2,3)24(4,5)23-13-15-8-6-14(7-9-15)11-20-16-10-17(19)22-21-12-16;1-18(2,3)26(4,5)25-13-15-8-6-14(7-9-15)11-20-16-10-17(23-24-19)22-21-12-16/h6-10,12H,11,13H2,1-5H3,(H,20,22);6-10,12H,11,13H2,1-5H3,(H,20,22). The van der Waals surface area contributed by atoms with Gasteiger partial charge in [-0.1, -0.05) is 102 Å². The maximum absolute atomic E-state index is 8.45. The Morgan fingerprint density at radius 1 is 0.680 bits per heavy atom. The zero-order valence-electron chi connectivity index (χ0n) is 31.1.